The van der Waals surface area contributed by atoms with Gasteiger partial charge in [0.2, 0.25) is 5.91 Å². The third kappa shape index (κ3) is 4.49. The highest BCUT2D eigenvalue weighted by atomic mass is 32.2. The van der Waals surface area contributed by atoms with E-state index >= 15 is 0 Å². The van der Waals surface area contributed by atoms with Gasteiger partial charge in [0.05, 0.1) is 16.5 Å². The number of thioether (sulfide) groups is 1. The molecule has 1 atom stereocenters. The number of amides is 2. The zero-order valence-corrected chi connectivity index (χ0v) is 16.1. The number of ether oxygens (including phenoxy) is 1. The third-order valence-corrected chi connectivity index (χ3v) is 5.45. The molecule has 140 valence electrons. The van der Waals surface area contributed by atoms with Gasteiger partial charge >= 0.3 is 5.97 Å². The van der Waals surface area contributed by atoms with Crippen LogP contribution in [0.5, 0.6) is 0 Å². The van der Waals surface area contributed by atoms with E-state index in [0.717, 1.165) is 16.0 Å². The molecule has 3 rings (SSSR count). The molecule has 0 saturated heterocycles. The van der Waals surface area contributed by atoms with E-state index in [1.807, 2.05) is 32.9 Å². The van der Waals surface area contributed by atoms with Gasteiger partial charge in [-0.2, -0.15) is 0 Å². The molecule has 1 aliphatic rings. The Morgan fingerprint density at radius 3 is 2.67 bits per heavy atom. The quantitative estimate of drug-likeness (QED) is 0.788. The number of hydrogen-bond acceptors (Lipinski definition) is 5. The molecule has 2 N–H and O–H groups in total. The smallest absolute Gasteiger partial charge is 0.338 e. The summed E-state index contributed by atoms with van der Waals surface area (Å²) in [5, 5.41) is 5.29. The highest BCUT2D eigenvalue weighted by molar-refractivity contribution is 8.00. The lowest BCUT2D eigenvalue weighted by molar-refractivity contribution is -0.119. The van der Waals surface area contributed by atoms with Crippen molar-refractivity contribution in [1.82, 2.24) is 0 Å². The first-order chi connectivity index (χ1) is 12.8. The number of anilines is 2. The normalized spacial score (nSPS) is 15.5. The molecule has 7 heteroatoms. The largest absolute Gasteiger partial charge is 0.452 e. The Hall–Kier alpha value is -2.80. The first-order valence-corrected chi connectivity index (χ1v) is 9.37. The Morgan fingerprint density at radius 2 is 1.93 bits per heavy atom. The second-order valence-corrected chi connectivity index (χ2v) is 7.77. The van der Waals surface area contributed by atoms with Gasteiger partial charge in [0.25, 0.3) is 5.91 Å². The molecule has 0 aromatic heterocycles. The number of esters is 1. The fourth-order valence-electron chi connectivity index (χ4n) is 2.57. The topological polar surface area (TPSA) is 84.5 Å². The van der Waals surface area contributed by atoms with E-state index in [2.05, 4.69) is 10.6 Å². The molecule has 1 unspecified atom stereocenters. The molecule has 1 aliphatic heterocycles. The van der Waals surface area contributed by atoms with Crippen molar-refractivity contribution in [3.05, 3.63) is 53.1 Å². The maximum Gasteiger partial charge on any atom is 0.338 e. The van der Waals surface area contributed by atoms with Crippen LogP contribution in [-0.4, -0.2) is 29.6 Å². The number of rotatable bonds is 4. The molecule has 0 bridgehead atoms. The van der Waals surface area contributed by atoms with Crippen LogP contribution in [0.3, 0.4) is 0 Å². The van der Waals surface area contributed by atoms with Gasteiger partial charge in [0, 0.05) is 10.6 Å². The van der Waals surface area contributed by atoms with Crippen LogP contribution < -0.4 is 10.6 Å². The lowest BCUT2D eigenvalue weighted by atomic mass is 10.1. The number of fused-ring (bicyclic) bond motifs is 1. The van der Waals surface area contributed by atoms with Crippen molar-refractivity contribution in [2.24, 2.45) is 0 Å². The average Bonchev–Trinajstić information content (AvgIpc) is 2.63. The first kappa shape index (κ1) is 19.0. The van der Waals surface area contributed by atoms with Crippen LogP contribution in [0.4, 0.5) is 11.4 Å². The summed E-state index contributed by atoms with van der Waals surface area (Å²) in [5.41, 5.74) is 3.71. The minimum absolute atomic E-state index is 0.106. The summed E-state index contributed by atoms with van der Waals surface area (Å²) in [4.78, 5) is 36.9. The minimum atomic E-state index is -0.620. The van der Waals surface area contributed by atoms with Crippen molar-refractivity contribution >= 4 is 40.9 Å². The fraction of sp³-hybridized carbons (Fsp3) is 0.250. The summed E-state index contributed by atoms with van der Waals surface area (Å²) >= 11 is 1.43. The SMILES string of the molecule is Cc1ccc(NC(=O)COC(=O)c2ccc3c(c2)NC(=O)C(C)S3)cc1C. The minimum Gasteiger partial charge on any atom is -0.452 e. The van der Waals surface area contributed by atoms with Gasteiger partial charge in [0.15, 0.2) is 6.61 Å². The van der Waals surface area contributed by atoms with Gasteiger partial charge in [-0.1, -0.05) is 6.07 Å². The number of hydrogen-bond donors (Lipinski definition) is 2. The van der Waals surface area contributed by atoms with E-state index in [1.54, 1.807) is 24.3 Å². The predicted molar refractivity (Wildman–Crippen MR) is 105 cm³/mol. The van der Waals surface area contributed by atoms with E-state index in [1.165, 1.54) is 11.8 Å². The molecule has 27 heavy (non-hydrogen) atoms. The van der Waals surface area contributed by atoms with Gasteiger partial charge in [0.1, 0.15) is 0 Å². The molecule has 0 aliphatic carbocycles. The Bertz CT molecular complexity index is 926. The number of aryl methyl sites for hydroxylation is 2. The lowest BCUT2D eigenvalue weighted by Gasteiger charge is -2.21. The number of benzene rings is 2. The van der Waals surface area contributed by atoms with Gasteiger partial charge in [-0.05, 0) is 62.2 Å². The van der Waals surface area contributed by atoms with Crippen molar-refractivity contribution in [2.45, 2.75) is 30.9 Å². The van der Waals surface area contributed by atoms with Crippen LogP contribution in [-0.2, 0) is 14.3 Å². The summed E-state index contributed by atoms with van der Waals surface area (Å²) < 4.78 is 5.08. The summed E-state index contributed by atoms with van der Waals surface area (Å²) in [7, 11) is 0. The fourth-order valence-corrected chi connectivity index (χ4v) is 3.50. The standard InChI is InChI=1S/C20H20N2O4S/c1-11-4-6-15(8-12(11)2)21-18(23)10-26-20(25)14-5-7-17-16(9-14)22-19(24)13(3)27-17/h4-9,13H,10H2,1-3H3,(H,21,23)(H,22,24). The van der Waals surface area contributed by atoms with Crippen LogP contribution in [0.15, 0.2) is 41.3 Å². The Labute approximate surface area is 161 Å². The van der Waals surface area contributed by atoms with Crippen LogP contribution in [0.1, 0.15) is 28.4 Å². The van der Waals surface area contributed by atoms with Gasteiger partial charge < -0.3 is 15.4 Å². The molecule has 0 radical (unpaired) electrons. The van der Waals surface area contributed by atoms with Crippen LogP contribution >= 0.6 is 11.8 Å². The molecular formula is C20H20N2O4S. The van der Waals surface area contributed by atoms with Gasteiger partial charge in [-0.3, -0.25) is 9.59 Å². The molecule has 2 aromatic rings. The van der Waals surface area contributed by atoms with Crippen molar-refractivity contribution in [3.8, 4) is 0 Å². The Morgan fingerprint density at radius 1 is 1.15 bits per heavy atom. The van der Waals surface area contributed by atoms with Crippen LogP contribution in [0.2, 0.25) is 0 Å². The van der Waals surface area contributed by atoms with E-state index < -0.39 is 11.9 Å². The van der Waals surface area contributed by atoms with E-state index in [-0.39, 0.29) is 23.3 Å². The molecule has 2 aromatic carbocycles. The number of nitrogens with one attached hydrogen (secondary N) is 2. The summed E-state index contributed by atoms with van der Waals surface area (Å²) in [6.45, 7) is 5.38. The molecule has 0 saturated carbocycles. The van der Waals surface area contributed by atoms with Crippen molar-refractivity contribution in [3.63, 3.8) is 0 Å². The van der Waals surface area contributed by atoms with E-state index in [9.17, 15) is 14.4 Å². The average molecular weight is 384 g/mol. The maximum absolute atomic E-state index is 12.2. The molecule has 6 nitrogen and oxygen atoms in total. The zero-order chi connectivity index (χ0) is 19.6. The zero-order valence-electron chi connectivity index (χ0n) is 15.3. The molecule has 1 heterocycles. The van der Waals surface area contributed by atoms with Crippen molar-refractivity contribution in [2.75, 3.05) is 17.2 Å². The third-order valence-electron chi connectivity index (χ3n) is 4.27. The lowest BCUT2D eigenvalue weighted by Crippen LogP contribution is -2.26. The monoisotopic (exact) mass is 384 g/mol. The molecular weight excluding hydrogens is 364 g/mol. The first-order valence-electron chi connectivity index (χ1n) is 8.49. The predicted octanol–water partition coefficient (Wildman–Crippen LogP) is 3.53. The van der Waals surface area contributed by atoms with Gasteiger partial charge in [-0.25, -0.2) is 4.79 Å². The number of carbonyl (C=O) groups is 3. The Kier molecular flexibility index (Phi) is 5.51. The van der Waals surface area contributed by atoms with Gasteiger partial charge in [-0.15, -0.1) is 11.8 Å². The molecule has 2 amide bonds. The van der Waals surface area contributed by atoms with Crippen molar-refractivity contribution < 1.29 is 19.1 Å². The second kappa shape index (κ2) is 7.84. The van der Waals surface area contributed by atoms with E-state index in [0.29, 0.717) is 11.4 Å². The van der Waals surface area contributed by atoms with Crippen molar-refractivity contribution in [1.29, 1.82) is 0 Å². The highest BCUT2D eigenvalue weighted by Gasteiger charge is 2.24. The highest BCUT2D eigenvalue weighted by Crippen LogP contribution is 2.36. The molecule has 0 spiro atoms. The summed E-state index contributed by atoms with van der Waals surface area (Å²) in [5.74, 6) is -1.14. The second-order valence-electron chi connectivity index (χ2n) is 6.38. The number of carbonyl (C=O) groups excluding carboxylic acids is 3. The van der Waals surface area contributed by atoms with E-state index in [4.69, 9.17) is 4.74 Å². The Balaban J connectivity index is 1.59. The maximum atomic E-state index is 12.2. The summed E-state index contributed by atoms with van der Waals surface area (Å²) in [6.07, 6.45) is 0. The molecule has 0 fully saturated rings. The van der Waals surface area contributed by atoms with Crippen LogP contribution in [0, 0.1) is 13.8 Å². The summed E-state index contributed by atoms with van der Waals surface area (Å²) in [6, 6.07) is 10.5. The van der Waals surface area contributed by atoms with Crippen LogP contribution in [0.25, 0.3) is 0 Å².